The zero-order chi connectivity index (χ0) is 24.4. The molecule has 0 radical (unpaired) electrons. The van der Waals surface area contributed by atoms with Gasteiger partial charge in [0.15, 0.2) is 5.76 Å². The maximum absolute atomic E-state index is 13.2. The van der Waals surface area contributed by atoms with Crippen molar-refractivity contribution in [3.8, 4) is 0 Å². The number of carbonyl (C=O) groups excluding carboxylic acids is 4. The molecular formula is C26H30N4O5. The Balaban J connectivity index is 1.10. The molecule has 1 aromatic heterocycles. The number of rotatable bonds is 5. The molecular weight excluding hydrogens is 448 g/mol. The molecule has 4 heterocycles. The van der Waals surface area contributed by atoms with E-state index in [-0.39, 0.29) is 47.8 Å². The number of piperidine rings is 1. The molecule has 0 bridgehead atoms. The van der Waals surface area contributed by atoms with Crippen molar-refractivity contribution >= 4 is 29.3 Å². The van der Waals surface area contributed by atoms with Crippen LogP contribution in [-0.4, -0.2) is 72.7 Å². The summed E-state index contributed by atoms with van der Waals surface area (Å²) in [6.45, 7) is 2.96. The van der Waals surface area contributed by atoms with Crippen LogP contribution in [0.3, 0.4) is 0 Å². The van der Waals surface area contributed by atoms with Gasteiger partial charge in [-0.3, -0.25) is 19.2 Å². The number of amides is 4. The predicted molar refractivity (Wildman–Crippen MR) is 127 cm³/mol. The molecule has 1 N–H and O–H groups in total. The van der Waals surface area contributed by atoms with Gasteiger partial charge in [-0.2, -0.15) is 0 Å². The second-order valence-electron chi connectivity index (χ2n) is 9.79. The third-order valence-corrected chi connectivity index (χ3v) is 7.61. The molecule has 1 aromatic carbocycles. The largest absolute Gasteiger partial charge is 0.459 e. The van der Waals surface area contributed by atoms with E-state index in [4.69, 9.17) is 4.42 Å². The van der Waals surface area contributed by atoms with Gasteiger partial charge in [0.2, 0.25) is 17.7 Å². The molecule has 1 atom stereocenters. The molecule has 184 valence electrons. The van der Waals surface area contributed by atoms with Crippen molar-refractivity contribution in [1.82, 2.24) is 15.1 Å². The molecule has 1 spiro atoms. The fourth-order valence-electron chi connectivity index (χ4n) is 5.51. The van der Waals surface area contributed by atoms with Crippen molar-refractivity contribution in [3.05, 3.63) is 54.5 Å². The third kappa shape index (κ3) is 4.80. The second-order valence-corrected chi connectivity index (χ2v) is 9.79. The Bertz CT molecular complexity index is 1090. The third-order valence-electron chi connectivity index (χ3n) is 7.61. The van der Waals surface area contributed by atoms with Crippen LogP contribution >= 0.6 is 0 Å². The first kappa shape index (κ1) is 23.1. The van der Waals surface area contributed by atoms with Crippen LogP contribution in [0.25, 0.3) is 0 Å². The first-order chi connectivity index (χ1) is 16.9. The van der Waals surface area contributed by atoms with Crippen LogP contribution in [-0.2, 0) is 14.4 Å². The molecule has 9 heteroatoms. The highest BCUT2D eigenvalue weighted by Gasteiger charge is 2.45. The highest BCUT2D eigenvalue weighted by molar-refractivity contribution is 6.00. The van der Waals surface area contributed by atoms with E-state index in [1.807, 2.05) is 35.2 Å². The lowest BCUT2D eigenvalue weighted by molar-refractivity contribution is -0.136. The van der Waals surface area contributed by atoms with Crippen molar-refractivity contribution < 1.29 is 23.6 Å². The summed E-state index contributed by atoms with van der Waals surface area (Å²) in [7, 11) is 0. The number of hydrogen-bond donors (Lipinski definition) is 1. The summed E-state index contributed by atoms with van der Waals surface area (Å²) in [5.41, 5.74) is 0.856. The van der Waals surface area contributed by atoms with Gasteiger partial charge in [-0.25, -0.2) is 0 Å². The summed E-state index contributed by atoms with van der Waals surface area (Å²) in [5, 5.41) is 2.61. The number of nitrogens with one attached hydrogen (secondary N) is 1. The van der Waals surface area contributed by atoms with Gasteiger partial charge in [0.1, 0.15) is 0 Å². The van der Waals surface area contributed by atoms with E-state index in [9.17, 15) is 19.2 Å². The van der Waals surface area contributed by atoms with Crippen molar-refractivity contribution in [2.75, 3.05) is 44.2 Å². The van der Waals surface area contributed by atoms with Gasteiger partial charge in [-0.05, 0) is 48.9 Å². The summed E-state index contributed by atoms with van der Waals surface area (Å²) >= 11 is 0. The van der Waals surface area contributed by atoms with E-state index in [1.54, 1.807) is 21.9 Å². The average Bonchev–Trinajstić information content (AvgIpc) is 3.64. The number of benzene rings is 1. The molecule has 9 nitrogen and oxygen atoms in total. The molecule has 3 saturated heterocycles. The summed E-state index contributed by atoms with van der Waals surface area (Å²) in [6.07, 6.45) is 4.24. The van der Waals surface area contributed by atoms with E-state index in [0.717, 1.165) is 24.9 Å². The number of hydrogen-bond acceptors (Lipinski definition) is 5. The van der Waals surface area contributed by atoms with E-state index in [1.165, 1.54) is 6.26 Å². The lowest BCUT2D eigenvalue weighted by Crippen LogP contribution is -2.48. The smallest absolute Gasteiger partial charge is 0.287 e. The predicted octanol–water partition coefficient (Wildman–Crippen LogP) is 1.90. The Morgan fingerprint density at radius 1 is 0.971 bits per heavy atom. The van der Waals surface area contributed by atoms with Crippen LogP contribution in [0.2, 0.25) is 0 Å². The molecule has 3 fully saturated rings. The summed E-state index contributed by atoms with van der Waals surface area (Å²) in [5.74, 6) is -0.587. The van der Waals surface area contributed by atoms with Gasteiger partial charge in [0, 0.05) is 44.8 Å². The molecule has 0 saturated carbocycles. The number of nitrogens with zero attached hydrogens (tertiary/aromatic N) is 3. The summed E-state index contributed by atoms with van der Waals surface area (Å²) in [6, 6.07) is 12.7. The molecule has 35 heavy (non-hydrogen) atoms. The first-order valence-electron chi connectivity index (χ1n) is 12.2. The zero-order valence-electron chi connectivity index (χ0n) is 19.7. The maximum Gasteiger partial charge on any atom is 0.287 e. The van der Waals surface area contributed by atoms with E-state index < -0.39 is 5.91 Å². The number of likely N-dealkylation sites (tertiary alicyclic amines) is 2. The van der Waals surface area contributed by atoms with E-state index in [2.05, 4.69) is 5.32 Å². The minimum atomic E-state index is -0.405. The maximum atomic E-state index is 13.2. The van der Waals surface area contributed by atoms with E-state index in [0.29, 0.717) is 32.7 Å². The van der Waals surface area contributed by atoms with Crippen molar-refractivity contribution in [2.24, 2.45) is 11.3 Å². The standard InChI is InChI=1S/C26H30N4O5/c31-22-15-19(17-30(22)20-5-2-1-3-6-20)25(34)29-13-10-26(18-29)8-11-28(12-9-26)23(32)16-27-24(33)21-7-4-14-35-21/h1-7,14,19H,8-13,15-18H2,(H,27,33). The van der Waals surface area contributed by atoms with E-state index >= 15 is 0 Å². The van der Waals surface area contributed by atoms with Gasteiger partial charge < -0.3 is 24.4 Å². The van der Waals surface area contributed by atoms with Gasteiger partial charge in [0.05, 0.1) is 18.7 Å². The number of anilines is 1. The molecule has 3 aliphatic rings. The Morgan fingerprint density at radius 3 is 2.37 bits per heavy atom. The molecule has 1 unspecified atom stereocenters. The lowest BCUT2D eigenvalue weighted by Gasteiger charge is -2.39. The summed E-state index contributed by atoms with van der Waals surface area (Å²) < 4.78 is 5.05. The monoisotopic (exact) mass is 478 g/mol. The minimum absolute atomic E-state index is 0.00517. The second kappa shape index (κ2) is 9.56. The highest BCUT2D eigenvalue weighted by atomic mass is 16.3. The molecule has 3 aliphatic heterocycles. The van der Waals surface area contributed by atoms with Gasteiger partial charge in [0.25, 0.3) is 5.91 Å². The summed E-state index contributed by atoms with van der Waals surface area (Å²) in [4.78, 5) is 55.8. The van der Waals surface area contributed by atoms with Crippen LogP contribution in [0, 0.1) is 11.3 Å². The topological polar surface area (TPSA) is 103 Å². The molecule has 4 amide bonds. The Labute approximate surface area is 204 Å². The number of carbonyl (C=O) groups is 4. The van der Waals surface area contributed by atoms with Gasteiger partial charge >= 0.3 is 0 Å². The van der Waals surface area contributed by atoms with Crippen LogP contribution in [0.1, 0.15) is 36.2 Å². The van der Waals surface area contributed by atoms with Crippen LogP contribution in [0.15, 0.2) is 53.1 Å². The first-order valence-corrected chi connectivity index (χ1v) is 12.2. The van der Waals surface area contributed by atoms with Gasteiger partial charge in [-0.15, -0.1) is 0 Å². The minimum Gasteiger partial charge on any atom is -0.459 e. The Morgan fingerprint density at radius 2 is 1.69 bits per heavy atom. The van der Waals surface area contributed by atoms with Crippen molar-refractivity contribution in [3.63, 3.8) is 0 Å². The molecule has 0 aliphatic carbocycles. The molecule has 5 rings (SSSR count). The quantitative estimate of drug-likeness (QED) is 0.707. The average molecular weight is 479 g/mol. The zero-order valence-corrected chi connectivity index (χ0v) is 19.7. The van der Waals surface area contributed by atoms with Crippen LogP contribution in [0.4, 0.5) is 5.69 Å². The fraction of sp³-hybridized carbons (Fsp3) is 0.462. The normalized spacial score (nSPS) is 21.5. The van der Waals surface area contributed by atoms with Gasteiger partial charge in [-0.1, -0.05) is 18.2 Å². The van der Waals surface area contributed by atoms with Crippen molar-refractivity contribution in [1.29, 1.82) is 0 Å². The fourth-order valence-corrected chi connectivity index (χ4v) is 5.51. The Kier molecular flexibility index (Phi) is 6.32. The lowest BCUT2D eigenvalue weighted by atomic mass is 9.77. The Hall–Kier alpha value is -3.62. The number of furan rings is 1. The SMILES string of the molecule is O=C(NCC(=O)N1CCC2(CC1)CCN(C(=O)C1CC(=O)N(c3ccccc3)C1)C2)c1ccco1. The van der Waals surface area contributed by atoms with Crippen molar-refractivity contribution in [2.45, 2.75) is 25.7 Å². The molecule has 2 aromatic rings. The number of para-hydroxylation sites is 1. The van der Waals surface area contributed by atoms with Crippen LogP contribution < -0.4 is 10.2 Å². The highest BCUT2D eigenvalue weighted by Crippen LogP contribution is 2.41. The van der Waals surface area contributed by atoms with Crippen LogP contribution in [0.5, 0.6) is 0 Å².